The molecule has 8 heteroatoms. The monoisotopic (exact) mass is 487 g/mol. The van der Waals surface area contributed by atoms with Gasteiger partial charge in [0.2, 0.25) is 5.95 Å². The molecule has 0 spiro atoms. The molecule has 0 radical (unpaired) electrons. The first-order chi connectivity index (χ1) is 15.1. The lowest BCUT2D eigenvalue weighted by Gasteiger charge is -2.30. The van der Waals surface area contributed by atoms with Crippen LogP contribution in [0.2, 0.25) is 0 Å². The Kier molecular flexibility index (Phi) is 7.53. The molecule has 166 valence electrons. The molecular formula is C23H30BrN5O2. The van der Waals surface area contributed by atoms with Gasteiger partial charge in [0.25, 0.3) is 5.91 Å². The van der Waals surface area contributed by atoms with Crippen LogP contribution in [-0.2, 0) is 0 Å². The lowest BCUT2D eigenvalue weighted by Crippen LogP contribution is -2.40. The van der Waals surface area contributed by atoms with Crippen molar-refractivity contribution in [2.45, 2.75) is 50.7 Å². The molecule has 0 atom stereocenters. The zero-order chi connectivity index (χ0) is 21.6. The van der Waals surface area contributed by atoms with Gasteiger partial charge in [-0.15, -0.1) is 0 Å². The standard InChI is InChI=1S/C23H30BrN5O2/c24-18-3-1-2-17(14-18)22(31)29(15-16-8-11-25-12-9-16)21-10-13-26-23(28-21)27-19-4-6-20(30)7-5-19/h1-3,10,13-14,16,19-20,25,30H,4-9,11-12,15H2,(H,26,27,28). The Hall–Kier alpha value is -2.03. The molecule has 1 aliphatic carbocycles. The summed E-state index contributed by atoms with van der Waals surface area (Å²) >= 11 is 3.47. The molecule has 1 aromatic heterocycles. The summed E-state index contributed by atoms with van der Waals surface area (Å²) in [4.78, 5) is 24.4. The molecule has 2 heterocycles. The minimum atomic E-state index is -0.200. The van der Waals surface area contributed by atoms with Crippen molar-refractivity contribution in [3.63, 3.8) is 0 Å². The Balaban J connectivity index is 1.56. The van der Waals surface area contributed by atoms with Gasteiger partial charge in [-0.05, 0) is 81.8 Å². The van der Waals surface area contributed by atoms with Gasteiger partial charge in [-0.25, -0.2) is 4.98 Å². The van der Waals surface area contributed by atoms with Crippen LogP contribution in [0.15, 0.2) is 41.0 Å². The van der Waals surface area contributed by atoms with Crippen LogP contribution in [-0.4, -0.2) is 52.8 Å². The van der Waals surface area contributed by atoms with E-state index < -0.39 is 0 Å². The topological polar surface area (TPSA) is 90.4 Å². The largest absolute Gasteiger partial charge is 0.393 e. The normalized spacial score (nSPS) is 22.1. The number of benzene rings is 1. The van der Waals surface area contributed by atoms with E-state index in [4.69, 9.17) is 4.98 Å². The van der Waals surface area contributed by atoms with E-state index in [-0.39, 0.29) is 18.1 Å². The molecule has 7 nitrogen and oxygen atoms in total. The summed E-state index contributed by atoms with van der Waals surface area (Å²) in [5, 5.41) is 16.5. The highest BCUT2D eigenvalue weighted by Crippen LogP contribution is 2.24. The molecule has 31 heavy (non-hydrogen) atoms. The molecule has 1 aliphatic heterocycles. The predicted octanol–water partition coefficient (Wildman–Crippen LogP) is 3.60. The van der Waals surface area contributed by atoms with Crippen molar-refractivity contribution in [1.29, 1.82) is 0 Å². The molecule has 1 aromatic carbocycles. The Bertz CT molecular complexity index is 882. The fourth-order valence-corrected chi connectivity index (χ4v) is 4.75. The molecule has 1 amide bonds. The van der Waals surface area contributed by atoms with Crippen LogP contribution < -0.4 is 15.5 Å². The summed E-state index contributed by atoms with van der Waals surface area (Å²) in [6, 6.07) is 9.55. The second-order valence-corrected chi connectivity index (χ2v) is 9.42. The van der Waals surface area contributed by atoms with E-state index in [2.05, 4.69) is 31.5 Å². The zero-order valence-electron chi connectivity index (χ0n) is 17.6. The fourth-order valence-electron chi connectivity index (χ4n) is 4.35. The zero-order valence-corrected chi connectivity index (χ0v) is 19.2. The number of carbonyl (C=O) groups is 1. The van der Waals surface area contributed by atoms with E-state index in [1.54, 1.807) is 11.1 Å². The third kappa shape index (κ3) is 6.02. The maximum atomic E-state index is 13.5. The van der Waals surface area contributed by atoms with E-state index >= 15 is 0 Å². The number of amides is 1. The van der Waals surface area contributed by atoms with Crippen molar-refractivity contribution in [2.24, 2.45) is 5.92 Å². The number of hydrogen-bond acceptors (Lipinski definition) is 6. The molecular weight excluding hydrogens is 458 g/mol. The number of aliphatic hydroxyl groups excluding tert-OH is 1. The van der Waals surface area contributed by atoms with Gasteiger partial charge in [0.1, 0.15) is 5.82 Å². The third-order valence-corrected chi connectivity index (χ3v) is 6.66. The van der Waals surface area contributed by atoms with E-state index in [0.717, 1.165) is 56.1 Å². The van der Waals surface area contributed by atoms with Crippen molar-refractivity contribution in [1.82, 2.24) is 15.3 Å². The van der Waals surface area contributed by atoms with Gasteiger partial charge in [0, 0.05) is 28.8 Å². The maximum absolute atomic E-state index is 13.5. The van der Waals surface area contributed by atoms with Gasteiger partial charge in [-0.2, -0.15) is 4.98 Å². The summed E-state index contributed by atoms with van der Waals surface area (Å²) in [6.45, 7) is 2.60. The lowest BCUT2D eigenvalue weighted by molar-refractivity contribution is 0.0979. The number of anilines is 2. The number of hydrogen-bond donors (Lipinski definition) is 3. The number of nitrogens with zero attached hydrogens (tertiary/aromatic N) is 3. The van der Waals surface area contributed by atoms with Crippen LogP contribution >= 0.6 is 15.9 Å². The van der Waals surface area contributed by atoms with Crippen LogP contribution in [0.5, 0.6) is 0 Å². The van der Waals surface area contributed by atoms with Gasteiger partial charge >= 0.3 is 0 Å². The van der Waals surface area contributed by atoms with E-state index in [0.29, 0.717) is 29.8 Å². The second-order valence-electron chi connectivity index (χ2n) is 8.51. The van der Waals surface area contributed by atoms with Crippen molar-refractivity contribution in [3.8, 4) is 0 Å². The Morgan fingerprint density at radius 3 is 2.68 bits per heavy atom. The van der Waals surface area contributed by atoms with Crippen molar-refractivity contribution in [3.05, 3.63) is 46.6 Å². The first-order valence-electron chi connectivity index (χ1n) is 11.1. The second kappa shape index (κ2) is 10.5. The van der Waals surface area contributed by atoms with Gasteiger partial charge in [-0.3, -0.25) is 9.69 Å². The molecule has 0 bridgehead atoms. The summed E-state index contributed by atoms with van der Waals surface area (Å²) in [5.41, 5.74) is 0.637. The minimum absolute atomic E-state index is 0.0507. The van der Waals surface area contributed by atoms with Crippen LogP contribution in [0.1, 0.15) is 48.9 Å². The maximum Gasteiger partial charge on any atom is 0.259 e. The first-order valence-corrected chi connectivity index (χ1v) is 11.9. The van der Waals surface area contributed by atoms with Crippen LogP contribution in [0.25, 0.3) is 0 Å². The van der Waals surface area contributed by atoms with Crippen molar-refractivity contribution < 1.29 is 9.90 Å². The van der Waals surface area contributed by atoms with Gasteiger partial charge < -0.3 is 15.7 Å². The molecule has 2 aromatic rings. The third-order valence-electron chi connectivity index (χ3n) is 6.16. The number of aromatic nitrogens is 2. The molecule has 2 aliphatic rings. The fraction of sp³-hybridized carbons (Fsp3) is 0.522. The smallest absolute Gasteiger partial charge is 0.259 e. The summed E-state index contributed by atoms with van der Waals surface area (Å²) in [5.74, 6) is 1.54. The van der Waals surface area contributed by atoms with Crippen molar-refractivity contribution in [2.75, 3.05) is 29.9 Å². The number of aliphatic hydroxyl groups is 1. The summed E-state index contributed by atoms with van der Waals surface area (Å²) in [7, 11) is 0. The van der Waals surface area contributed by atoms with Gasteiger partial charge in [-0.1, -0.05) is 22.0 Å². The van der Waals surface area contributed by atoms with Gasteiger partial charge in [0.15, 0.2) is 0 Å². The average molecular weight is 488 g/mol. The van der Waals surface area contributed by atoms with Crippen LogP contribution in [0.4, 0.5) is 11.8 Å². The molecule has 1 saturated carbocycles. The van der Waals surface area contributed by atoms with Crippen LogP contribution in [0.3, 0.4) is 0 Å². The minimum Gasteiger partial charge on any atom is -0.393 e. The van der Waals surface area contributed by atoms with Crippen LogP contribution in [0, 0.1) is 5.92 Å². The molecule has 4 rings (SSSR count). The molecule has 3 N–H and O–H groups in total. The number of nitrogens with one attached hydrogen (secondary N) is 2. The SMILES string of the molecule is O=C(c1cccc(Br)c1)N(CC1CCNCC1)c1ccnc(NC2CCC(O)CC2)n1. The average Bonchev–Trinajstić information content (AvgIpc) is 2.79. The first kappa shape index (κ1) is 22.2. The molecule has 0 unspecified atom stereocenters. The predicted molar refractivity (Wildman–Crippen MR) is 125 cm³/mol. The highest BCUT2D eigenvalue weighted by atomic mass is 79.9. The Labute approximate surface area is 191 Å². The Morgan fingerprint density at radius 1 is 1.16 bits per heavy atom. The summed E-state index contributed by atoms with van der Waals surface area (Å²) < 4.78 is 0.879. The highest BCUT2D eigenvalue weighted by molar-refractivity contribution is 9.10. The summed E-state index contributed by atoms with van der Waals surface area (Å²) in [6.07, 6.45) is 6.97. The molecule has 1 saturated heterocycles. The number of piperidine rings is 1. The van der Waals surface area contributed by atoms with E-state index in [9.17, 15) is 9.90 Å². The van der Waals surface area contributed by atoms with E-state index in [1.165, 1.54) is 0 Å². The lowest BCUT2D eigenvalue weighted by atomic mass is 9.93. The molecule has 2 fully saturated rings. The Morgan fingerprint density at radius 2 is 1.94 bits per heavy atom. The van der Waals surface area contributed by atoms with E-state index in [1.807, 2.05) is 30.3 Å². The van der Waals surface area contributed by atoms with Crippen molar-refractivity contribution >= 4 is 33.6 Å². The number of halogens is 1. The number of rotatable bonds is 6. The van der Waals surface area contributed by atoms with Gasteiger partial charge in [0.05, 0.1) is 6.10 Å². The highest BCUT2D eigenvalue weighted by Gasteiger charge is 2.25. The quantitative estimate of drug-likeness (QED) is 0.576. The number of carbonyl (C=O) groups excluding carboxylic acids is 1.